The number of hydrogen-bond donors (Lipinski definition) is 0. The van der Waals surface area contributed by atoms with E-state index in [1.807, 2.05) is 27.7 Å². The molecular formula is C13H20BFN2O2. The minimum absolute atomic E-state index is 0.160. The molecule has 1 aromatic rings. The zero-order chi connectivity index (χ0) is 14.5. The van der Waals surface area contributed by atoms with Crippen LogP contribution < -0.4 is 5.46 Å². The van der Waals surface area contributed by atoms with Gasteiger partial charge in [-0.3, -0.25) is 0 Å². The van der Waals surface area contributed by atoms with Gasteiger partial charge in [-0.15, -0.1) is 0 Å². The van der Waals surface area contributed by atoms with Crippen LogP contribution in [0.3, 0.4) is 0 Å². The highest BCUT2D eigenvalue weighted by Crippen LogP contribution is 2.36. The molecule has 19 heavy (non-hydrogen) atoms. The van der Waals surface area contributed by atoms with Gasteiger partial charge in [0.1, 0.15) is 0 Å². The molecule has 0 aliphatic carbocycles. The Bertz CT molecular complexity index is 453. The van der Waals surface area contributed by atoms with Crippen LogP contribution in [0.15, 0.2) is 12.4 Å². The van der Waals surface area contributed by atoms with Gasteiger partial charge in [0.15, 0.2) is 11.5 Å². The number of nitrogens with zero attached hydrogens (tertiary/aromatic N) is 2. The highest BCUT2D eigenvalue weighted by atomic mass is 19.1. The summed E-state index contributed by atoms with van der Waals surface area (Å²) in [5, 5.41) is 0. The molecule has 1 fully saturated rings. The van der Waals surface area contributed by atoms with Gasteiger partial charge in [0.25, 0.3) is 0 Å². The first-order valence-electron chi connectivity index (χ1n) is 6.40. The molecule has 0 bridgehead atoms. The molecule has 0 atom stereocenters. The van der Waals surface area contributed by atoms with Crippen molar-refractivity contribution in [2.75, 3.05) is 0 Å². The Labute approximate surface area is 113 Å². The predicted molar refractivity (Wildman–Crippen MR) is 71.9 cm³/mol. The highest BCUT2D eigenvalue weighted by molar-refractivity contribution is 6.61. The molecule has 1 aliphatic heterocycles. The molecule has 0 unspecified atom stereocenters. The average Bonchev–Trinajstić information content (AvgIpc) is 2.47. The molecule has 0 amide bonds. The fourth-order valence-corrected chi connectivity index (χ4v) is 1.75. The summed E-state index contributed by atoms with van der Waals surface area (Å²) in [7, 11) is -0.512. The topological polar surface area (TPSA) is 44.2 Å². The van der Waals surface area contributed by atoms with Crippen LogP contribution in [0.25, 0.3) is 0 Å². The van der Waals surface area contributed by atoms with Gasteiger partial charge in [0.05, 0.1) is 11.2 Å². The first kappa shape index (κ1) is 14.4. The van der Waals surface area contributed by atoms with E-state index in [2.05, 4.69) is 9.97 Å². The summed E-state index contributed by atoms with van der Waals surface area (Å²) in [6, 6.07) is 0. The third kappa shape index (κ3) is 2.65. The van der Waals surface area contributed by atoms with Crippen molar-refractivity contribution in [2.45, 2.75) is 58.4 Å². The van der Waals surface area contributed by atoms with Gasteiger partial charge in [-0.25, -0.2) is 14.4 Å². The van der Waals surface area contributed by atoms with Gasteiger partial charge in [-0.2, -0.15) is 0 Å². The van der Waals surface area contributed by atoms with E-state index in [0.717, 1.165) is 0 Å². The number of alkyl halides is 1. The first-order chi connectivity index (χ1) is 8.53. The van der Waals surface area contributed by atoms with Gasteiger partial charge >= 0.3 is 7.12 Å². The largest absolute Gasteiger partial charge is 0.498 e. The van der Waals surface area contributed by atoms with Crippen molar-refractivity contribution >= 4 is 12.6 Å². The molecule has 2 heterocycles. The van der Waals surface area contributed by atoms with E-state index in [0.29, 0.717) is 5.46 Å². The minimum atomic E-state index is -1.55. The minimum Gasteiger partial charge on any atom is -0.399 e. The second-order valence-corrected chi connectivity index (χ2v) is 6.40. The monoisotopic (exact) mass is 266 g/mol. The maximum atomic E-state index is 13.7. The van der Waals surface area contributed by atoms with Gasteiger partial charge < -0.3 is 9.31 Å². The Balaban J connectivity index is 2.22. The van der Waals surface area contributed by atoms with Crippen LogP contribution in [0.5, 0.6) is 0 Å². The third-order valence-electron chi connectivity index (χ3n) is 3.73. The summed E-state index contributed by atoms with van der Waals surface area (Å²) in [5.41, 5.74) is -1.66. The van der Waals surface area contributed by atoms with Crippen molar-refractivity contribution in [3.05, 3.63) is 18.2 Å². The molecule has 1 aliphatic rings. The molecule has 0 aromatic carbocycles. The van der Waals surface area contributed by atoms with E-state index in [-0.39, 0.29) is 5.82 Å². The van der Waals surface area contributed by atoms with E-state index in [1.165, 1.54) is 13.8 Å². The van der Waals surface area contributed by atoms with Crippen LogP contribution in [-0.4, -0.2) is 28.3 Å². The lowest BCUT2D eigenvalue weighted by molar-refractivity contribution is 0.00578. The molecule has 0 saturated carbocycles. The van der Waals surface area contributed by atoms with Crippen molar-refractivity contribution < 1.29 is 13.7 Å². The molecule has 6 heteroatoms. The lowest BCUT2D eigenvalue weighted by Gasteiger charge is -2.32. The summed E-state index contributed by atoms with van der Waals surface area (Å²) >= 11 is 0. The molecule has 0 spiro atoms. The van der Waals surface area contributed by atoms with Crippen molar-refractivity contribution in [1.82, 2.24) is 9.97 Å². The Hall–Kier alpha value is -1.01. The maximum absolute atomic E-state index is 13.7. The van der Waals surface area contributed by atoms with Gasteiger partial charge in [0.2, 0.25) is 0 Å². The van der Waals surface area contributed by atoms with Crippen molar-refractivity contribution in [1.29, 1.82) is 0 Å². The third-order valence-corrected chi connectivity index (χ3v) is 3.73. The van der Waals surface area contributed by atoms with Gasteiger partial charge in [-0.1, -0.05) is 0 Å². The molecule has 1 saturated heterocycles. The molecule has 0 radical (unpaired) electrons. The van der Waals surface area contributed by atoms with Crippen LogP contribution in [0.4, 0.5) is 4.39 Å². The predicted octanol–water partition coefficient (Wildman–Crippen LogP) is 1.98. The maximum Gasteiger partial charge on any atom is 0.498 e. The summed E-state index contributed by atoms with van der Waals surface area (Å²) in [5.74, 6) is 0.160. The summed E-state index contributed by atoms with van der Waals surface area (Å²) < 4.78 is 25.4. The average molecular weight is 266 g/mol. The molecule has 2 rings (SSSR count). The standard InChI is InChI=1S/C13H20BFN2O2/c1-11(2,15)10-16-7-9(8-17-10)14-18-12(3,4)13(5,6)19-14/h7-8H,1-6H3. The molecular weight excluding hydrogens is 246 g/mol. The normalized spacial score (nSPS) is 21.7. The second-order valence-electron chi connectivity index (χ2n) is 6.40. The van der Waals surface area contributed by atoms with E-state index >= 15 is 0 Å². The van der Waals surface area contributed by atoms with Crippen LogP contribution in [0.1, 0.15) is 47.4 Å². The Morgan fingerprint density at radius 2 is 1.47 bits per heavy atom. The summed E-state index contributed by atoms with van der Waals surface area (Å²) in [6.07, 6.45) is 3.12. The van der Waals surface area contributed by atoms with Crippen LogP contribution >= 0.6 is 0 Å². The van der Waals surface area contributed by atoms with Crippen LogP contribution in [-0.2, 0) is 15.0 Å². The zero-order valence-electron chi connectivity index (χ0n) is 12.3. The number of aromatic nitrogens is 2. The van der Waals surface area contributed by atoms with E-state index in [9.17, 15) is 4.39 Å². The van der Waals surface area contributed by atoms with E-state index < -0.39 is 24.0 Å². The lowest BCUT2D eigenvalue weighted by Crippen LogP contribution is -2.41. The van der Waals surface area contributed by atoms with Crippen LogP contribution in [0.2, 0.25) is 0 Å². The SMILES string of the molecule is CC(C)(F)c1ncc(B2OC(C)(C)C(C)(C)O2)cn1. The summed E-state index contributed by atoms with van der Waals surface area (Å²) in [4.78, 5) is 8.09. The van der Waals surface area contributed by atoms with Crippen molar-refractivity contribution in [3.8, 4) is 0 Å². The zero-order valence-corrected chi connectivity index (χ0v) is 12.3. The fraction of sp³-hybridized carbons (Fsp3) is 0.692. The fourth-order valence-electron chi connectivity index (χ4n) is 1.75. The highest BCUT2D eigenvalue weighted by Gasteiger charge is 2.52. The molecule has 1 aromatic heterocycles. The molecule has 104 valence electrons. The Morgan fingerprint density at radius 1 is 1.05 bits per heavy atom. The van der Waals surface area contributed by atoms with Gasteiger partial charge in [-0.05, 0) is 41.5 Å². The van der Waals surface area contributed by atoms with E-state index in [1.54, 1.807) is 12.4 Å². The number of hydrogen-bond acceptors (Lipinski definition) is 4. The smallest absolute Gasteiger partial charge is 0.399 e. The van der Waals surface area contributed by atoms with Crippen LogP contribution in [0, 0.1) is 0 Å². The number of halogens is 1. The lowest BCUT2D eigenvalue weighted by atomic mass is 9.81. The van der Waals surface area contributed by atoms with Gasteiger partial charge in [0, 0.05) is 17.9 Å². The Kier molecular flexibility index (Phi) is 3.22. The van der Waals surface area contributed by atoms with Crippen molar-refractivity contribution in [3.63, 3.8) is 0 Å². The second kappa shape index (κ2) is 4.25. The van der Waals surface area contributed by atoms with E-state index in [4.69, 9.17) is 9.31 Å². The molecule has 4 nitrogen and oxygen atoms in total. The Morgan fingerprint density at radius 3 is 1.84 bits per heavy atom. The quantitative estimate of drug-likeness (QED) is 0.768. The number of rotatable bonds is 2. The molecule has 0 N–H and O–H groups in total. The van der Waals surface area contributed by atoms with Crippen molar-refractivity contribution in [2.24, 2.45) is 0 Å². The summed E-state index contributed by atoms with van der Waals surface area (Å²) in [6.45, 7) is 10.8. The first-order valence-corrected chi connectivity index (χ1v) is 6.40.